The third kappa shape index (κ3) is 3.50. The molecule has 1 saturated carbocycles. The third-order valence-corrected chi connectivity index (χ3v) is 4.89. The highest BCUT2D eigenvalue weighted by Gasteiger charge is 2.28. The predicted octanol–water partition coefficient (Wildman–Crippen LogP) is 3.03. The molecule has 3 rings (SSSR count). The Labute approximate surface area is 131 Å². The van der Waals surface area contributed by atoms with Crippen molar-refractivity contribution in [3.8, 4) is 5.75 Å². The van der Waals surface area contributed by atoms with E-state index in [1.165, 1.54) is 0 Å². The number of rotatable bonds is 4. The average Bonchev–Trinajstić information content (AvgIpc) is 2.84. The molecule has 0 spiro atoms. The first-order valence-corrected chi connectivity index (χ1v) is 8.24. The van der Waals surface area contributed by atoms with Crippen LogP contribution in [0.4, 0.5) is 0 Å². The van der Waals surface area contributed by atoms with Gasteiger partial charge in [-0.1, -0.05) is 18.2 Å². The summed E-state index contributed by atoms with van der Waals surface area (Å²) in [6, 6.07) is 7.55. The fourth-order valence-electron chi connectivity index (χ4n) is 3.62. The third-order valence-electron chi connectivity index (χ3n) is 4.89. The van der Waals surface area contributed by atoms with Crippen LogP contribution in [0.2, 0.25) is 0 Å². The van der Waals surface area contributed by atoms with Gasteiger partial charge in [-0.15, -0.1) is 0 Å². The molecule has 0 radical (unpaired) electrons. The van der Waals surface area contributed by atoms with Gasteiger partial charge in [0.15, 0.2) is 0 Å². The molecule has 1 heterocycles. The van der Waals surface area contributed by atoms with E-state index in [-0.39, 0.29) is 18.2 Å². The lowest BCUT2D eigenvalue weighted by Crippen LogP contribution is -2.29. The first kappa shape index (κ1) is 15.5. The van der Waals surface area contributed by atoms with Crippen molar-refractivity contribution in [1.82, 2.24) is 0 Å². The highest BCUT2D eigenvalue weighted by Crippen LogP contribution is 2.37. The minimum Gasteiger partial charge on any atom is -0.508 e. The van der Waals surface area contributed by atoms with Crippen LogP contribution in [-0.2, 0) is 4.74 Å². The molecule has 120 valence electrons. The molecule has 1 fully saturated rings. The van der Waals surface area contributed by atoms with Gasteiger partial charge in [0.2, 0.25) is 0 Å². The maximum absolute atomic E-state index is 9.96. The Morgan fingerprint density at radius 2 is 1.91 bits per heavy atom. The van der Waals surface area contributed by atoms with E-state index in [9.17, 15) is 10.2 Å². The SMILES string of the molecule is CC1=N[C@@H](COC2CCC(c3ccccc3O)CC2)[C@H](O)C1. The van der Waals surface area contributed by atoms with Crippen molar-refractivity contribution in [3.63, 3.8) is 0 Å². The van der Waals surface area contributed by atoms with Crippen molar-refractivity contribution in [3.05, 3.63) is 29.8 Å². The summed E-state index contributed by atoms with van der Waals surface area (Å²) in [6.07, 6.45) is 4.64. The summed E-state index contributed by atoms with van der Waals surface area (Å²) in [5, 5.41) is 19.8. The van der Waals surface area contributed by atoms with Crippen LogP contribution in [0.25, 0.3) is 0 Å². The summed E-state index contributed by atoms with van der Waals surface area (Å²) in [5.41, 5.74) is 2.08. The van der Waals surface area contributed by atoms with Crippen LogP contribution in [0.3, 0.4) is 0 Å². The molecule has 2 atom stereocenters. The zero-order chi connectivity index (χ0) is 15.5. The van der Waals surface area contributed by atoms with Crippen LogP contribution in [0.1, 0.15) is 50.5 Å². The number of aliphatic hydroxyl groups excluding tert-OH is 1. The molecule has 4 nitrogen and oxygen atoms in total. The smallest absolute Gasteiger partial charge is 0.119 e. The van der Waals surface area contributed by atoms with Crippen LogP contribution in [0.15, 0.2) is 29.3 Å². The number of phenols is 1. The molecule has 1 aliphatic heterocycles. The van der Waals surface area contributed by atoms with Crippen LogP contribution in [-0.4, -0.2) is 40.8 Å². The van der Waals surface area contributed by atoms with E-state index in [0.717, 1.165) is 37.0 Å². The van der Waals surface area contributed by atoms with Crippen molar-refractivity contribution in [1.29, 1.82) is 0 Å². The van der Waals surface area contributed by atoms with Gasteiger partial charge in [0.1, 0.15) is 5.75 Å². The summed E-state index contributed by atoms with van der Waals surface area (Å²) in [6.45, 7) is 2.48. The minimum absolute atomic E-state index is 0.0871. The van der Waals surface area contributed by atoms with Gasteiger partial charge in [-0.05, 0) is 50.2 Å². The van der Waals surface area contributed by atoms with Crippen LogP contribution < -0.4 is 0 Å². The predicted molar refractivity (Wildman–Crippen MR) is 86.6 cm³/mol. The standard InChI is InChI=1S/C18H25NO3/c1-12-10-18(21)16(19-12)11-22-14-8-6-13(7-9-14)15-4-2-3-5-17(15)20/h2-5,13-14,16,18,20-21H,6-11H2,1H3/t13?,14?,16-,18+/m0/s1. The molecule has 2 N–H and O–H groups in total. The normalized spacial score (nSPS) is 32.0. The molecule has 1 aromatic carbocycles. The van der Waals surface area contributed by atoms with Crippen molar-refractivity contribution < 1.29 is 14.9 Å². The zero-order valence-electron chi connectivity index (χ0n) is 13.1. The maximum Gasteiger partial charge on any atom is 0.119 e. The number of ether oxygens (including phenoxy) is 1. The summed E-state index contributed by atoms with van der Waals surface area (Å²) in [4.78, 5) is 4.44. The molecule has 0 amide bonds. The van der Waals surface area contributed by atoms with Gasteiger partial charge in [-0.2, -0.15) is 0 Å². The fourth-order valence-corrected chi connectivity index (χ4v) is 3.62. The number of aliphatic hydroxyl groups is 1. The van der Waals surface area contributed by atoms with Crippen LogP contribution >= 0.6 is 0 Å². The molecule has 1 aromatic rings. The molecule has 4 heteroatoms. The Morgan fingerprint density at radius 3 is 2.55 bits per heavy atom. The fraction of sp³-hybridized carbons (Fsp3) is 0.611. The van der Waals surface area contributed by atoms with Crippen molar-refractivity contribution >= 4 is 5.71 Å². The van der Waals surface area contributed by atoms with Gasteiger partial charge in [0, 0.05) is 12.1 Å². The zero-order valence-corrected chi connectivity index (χ0v) is 13.1. The quantitative estimate of drug-likeness (QED) is 0.898. The highest BCUT2D eigenvalue weighted by molar-refractivity contribution is 5.84. The van der Waals surface area contributed by atoms with Crippen molar-refractivity contribution in [2.75, 3.05) is 6.61 Å². The van der Waals surface area contributed by atoms with Crippen molar-refractivity contribution in [2.24, 2.45) is 4.99 Å². The lowest BCUT2D eigenvalue weighted by atomic mass is 9.82. The monoisotopic (exact) mass is 303 g/mol. The number of phenolic OH excluding ortho intramolecular Hbond substituents is 1. The van der Waals surface area contributed by atoms with Gasteiger partial charge in [0.25, 0.3) is 0 Å². The Morgan fingerprint density at radius 1 is 1.18 bits per heavy atom. The second-order valence-electron chi connectivity index (χ2n) is 6.57. The van der Waals surface area contributed by atoms with E-state index >= 15 is 0 Å². The number of benzene rings is 1. The summed E-state index contributed by atoms with van der Waals surface area (Å²) in [7, 11) is 0. The van der Waals surface area contributed by atoms with Crippen molar-refractivity contribution in [2.45, 2.75) is 63.2 Å². The molecule has 0 aromatic heterocycles. The summed E-state index contributed by atoms with van der Waals surface area (Å²) in [5.74, 6) is 0.837. The second kappa shape index (κ2) is 6.80. The van der Waals surface area contributed by atoms with Gasteiger partial charge in [-0.3, -0.25) is 4.99 Å². The van der Waals surface area contributed by atoms with E-state index in [2.05, 4.69) is 4.99 Å². The first-order chi connectivity index (χ1) is 10.6. The molecule has 22 heavy (non-hydrogen) atoms. The van der Waals surface area contributed by atoms with Gasteiger partial charge in [-0.25, -0.2) is 0 Å². The minimum atomic E-state index is -0.377. The average molecular weight is 303 g/mol. The Balaban J connectivity index is 1.47. The molecular formula is C18H25NO3. The molecule has 1 aliphatic carbocycles. The first-order valence-electron chi connectivity index (χ1n) is 8.24. The van der Waals surface area contributed by atoms with E-state index in [1.54, 1.807) is 6.07 Å². The number of nitrogens with zero attached hydrogens (tertiary/aromatic N) is 1. The largest absolute Gasteiger partial charge is 0.508 e. The molecule has 0 bridgehead atoms. The molecule has 0 unspecified atom stereocenters. The van der Waals surface area contributed by atoms with Crippen LogP contribution in [0.5, 0.6) is 5.75 Å². The lowest BCUT2D eigenvalue weighted by molar-refractivity contribution is 0.000274. The highest BCUT2D eigenvalue weighted by atomic mass is 16.5. The summed E-state index contributed by atoms with van der Waals surface area (Å²) < 4.78 is 5.97. The number of hydrogen-bond acceptors (Lipinski definition) is 4. The maximum atomic E-state index is 9.96. The lowest BCUT2D eigenvalue weighted by Gasteiger charge is -2.30. The van der Waals surface area contributed by atoms with Gasteiger partial charge >= 0.3 is 0 Å². The molecule has 2 aliphatic rings. The Kier molecular flexibility index (Phi) is 4.79. The van der Waals surface area contributed by atoms with Crippen LogP contribution in [0, 0.1) is 0 Å². The summed E-state index contributed by atoms with van der Waals surface area (Å²) >= 11 is 0. The van der Waals surface area contributed by atoms with E-state index in [4.69, 9.17) is 4.74 Å². The number of para-hydroxylation sites is 1. The van der Waals surface area contributed by atoms with Gasteiger partial charge < -0.3 is 14.9 Å². The molecule has 0 saturated heterocycles. The number of aliphatic imine (C=N–C) groups is 1. The number of hydrogen-bond donors (Lipinski definition) is 2. The van der Waals surface area contributed by atoms with E-state index in [0.29, 0.717) is 24.7 Å². The topological polar surface area (TPSA) is 62.0 Å². The Bertz CT molecular complexity index is 535. The van der Waals surface area contributed by atoms with Gasteiger partial charge in [0.05, 0.1) is 24.9 Å². The Hall–Kier alpha value is -1.39. The number of aromatic hydroxyl groups is 1. The van der Waals surface area contributed by atoms with E-state index < -0.39 is 0 Å². The molecular weight excluding hydrogens is 278 g/mol. The van der Waals surface area contributed by atoms with E-state index in [1.807, 2.05) is 25.1 Å². The second-order valence-corrected chi connectivity index (χ2v) is 6.57.